The molecular weight excluding hydrogens is 494 g/mol. The lowest BCUT2D eigenvalue weighted by atomic mass is 10.0. The number of pyridine rings is 2. The van der Waals surface area contributed by atoms with E-state index < -0.39 is 24.4 Å². The van der Waals surface area contributed by atoms with E-state index in [9.17, 15) is 18.4 Å². The molecule has 5 aromatic rings. The van der Waals surface area contributed by atoms with Gasteiger partial charge >= 0.3 is 0 Å². The predicted octanol–water partition coefficient (Wildman–Crippen LogP) is 3.03. The molecule has 10 nitrogen and oxygen atoms in total. The van der Waals surface area contributed by atoms with E-state index in [0.717, 1.165) is 15.5 Å². The van der Waals surface area contributed by atoms with Gasteiger partial charge in [0.25, 0.3) is 17.9 Å². The van der Waals surface area contributed by atoms with Crippen molar-refractivity contribution in [3.63, 3.8) is 0 Å². The molecule has 1 aromatic carbocycles. The second-order valence-corrected chi connectivity index (χ2v) is 8.50. The van der Waals surface area contributed by atoms with E-state index in [0.29, 0.717) is 22.6 Å². The number of amides is 1. The van der Waals surface area contributed by atoms with Gasteiger partial charge < -0.3 is 15.6 Å². The van der Waals surface area contributed by atoms with Crippen molar-refractivity contribution in [3.8, 4) is 22.6 Å². The highest BCUT2D eigenvalue weighted by Gasteiger charge is 2.22. The molecule has 0 spiro atoms. The second kappa shape index (κ2) is 10.2. The lowest BCUT2D eigenvalue weighted by Crippen LogP contribution is -2.31. The Labute approximate surface area is 214 Å². The topological polar surface area (TPSA) is 134 Å². The lowest BCUT2D eigenvalue weighted by molar-refractivity contribution is 0.0946. The van der Waals surface area contributed by atoms with Gasteiger partial charge in [0.15, 0.2) is 11.5 Å². The fourth-order valence-electron chi connectivity index (χ4n) is 4.03. The number of nitrogen functional groups attached to an aromatic ring is 1. The molecule has 12 heteroatoms. The number of anilines is 1. The zero-order valence-electron chi connectivity index (χ0n) is 20.2. The minimum Gasteiger partial charge on any atom is -0.382 e. The number of hydrogen-bond acceptors (Lipinski definition) is 7. The van der Waals surface area contributed by atoms with E-state index in [1.54, 1.807) is 30.2 Å². The van der Waals surface area contributed by atoms with Crippen molar-refractivity contribution in [1.29, 1.82) is 0 Å². The van der Waals surface area contributed by atoms with Crippen molar-refractivity contribution in [2.45, 2.75) is 19.5 Å². The smallest absolute Gasteiger partial charge is 0.274 e. The molecule has 3 N–H and O–H groups in total. The molecule has 0 aliphatic rings. The highest BCUT2D eigenvalue weighted by atomic mass is 19.3. The summed E-state index contributed by atoms with van der Waals surface area (Å²) >= 11 is 0. The van der Waals surface area contributed by atoms with E-state index in [1.165, 1.54) is 18.3 Å². The minimum absolute atomic E-state index is 0.127. The van der Waals surface area contributed by atoms with Gasteiger partial charge in [0.05, 0.1) is 17.8 Å². The first kappa shape index (κ1) is 24.7. The number of alkyl halides is 2. The van der Waals surface area contributed by atoms with Crippen molar-refractivity contribution >= 4 is 22.6 Å². The number of rotatable bonds is 7. The Kier molecular flexibility index (Phi) is 6.60. The van der Waals surface area contributed by atoms with Crippen molar-refractivity contribution in [3.05, 3.63) is 88.7 Å². The van der Waals surface area contributed by atoms with Crippen LogP contribution in [0.4, 0.5) is 14.6 Å². The first-order chi connectivity index (χ1) is 18.3. The molecule has 192 valence electrons. The molecule has 1 amide bonds. The number of hydrogen-bond donors (Lipinski definition) is 2. The van der Waals surface area contributed by atoms with Crippen LogP contribution in [0.5, 0.6) is 0 Å². The number of aromatic nitrogens is 6. The number of halogens is 2. The van der Waals surface area contributed by atoms with Crippen molar-refractivity contribution in [1.82, 2.24) is 34.6 Å². The van der Waals surface area contributed by atoms with Crippen LogP contribution in [0.3, 0.4) is 0 Å². The van der Waals surface area contributed by atoms with E-state index in [4.69, 9.17) is 5.73 Å². The van der Waals surface area contributed by atoms with Crippen LogP contribution in [0.2, 0.25) is 0 Å². The molecule has 4 aromatic heterocycles. The minimum atomic E-state index is -2.69. The van der Waals surface area contributed by atoms with Gasteiger partial charge in [-0.1, -0.05) is 18.2 Å². The SMILES string of the molecule is Cn1ccc(-c2nc(N)c(C(=O)NCc3cccn(CC(F)F)c3=O)nc2-c2ccc3ncccc3c2)n1. The van der Waals surface area contributed by atoms with Gasteiger partial charge in [-0.3, -0.25) is 19.3 Å². The lowest BCUT2D eigenvalue weighted by Gasteiger charge is -2.13. The number of fused-ring (bicyclic) bond motifs is 1. The first-order valence-corrected chi connectivity index (χ1v) is 11.6. The molecule has 0 unspecified atom stereocenters. The number of carbonyl (C=O) groups excluding carboxylic acids is 1. The van der Waals surface area contributed by atoms with E-state index in [1.807, 2.05) is 30.3 Å². The number of nitrogens with two attached hydrogens (primary N) is 1. The Morgan fingerprint density at radius 2 is 1.92 bits per heavy atom. The summed E-state index contributed by atoms with van der Waals surface area (Å²) in [5.41, 5.74) is 8.28. The summed E-state index contributed by atoms with van der Waals surface area (Å²) in [7, 11) is 1.77. The molecule has 5 rings (SSSR count). The standard InChI is InChI=1S/C26H22F2N8O2/c1-35-11-8-19(34-35)22-21(16-6-7-18-15(12-16)4-2-9-30-18)32-23(24(29)33-22)25(37)31-13-17-5-3-10-36(26(17)38)14-20(27)28/h2-12,20H,13-14H2,1H3,(H2,29,33)(H,31,37). The summed E-state index contributed by atoms with van der Waals surface area (Å²) in [5.74, 6) is -0.799. The molecule has 0 atom stereocenters. The van der Waals surface area contributed by atoms with E-state index in [-0.39, 0.29) is 23.6 Å². The molecule has 0 bridgehead atoms. The first-order valence-electron chi connectivity index (χ1n) is 11.6. The van der Waals surface area contributed by atoms with Gasteiger partial charge in [-0.05, 0) is 30.3 Å². The normalized spacial score (nSPS) is 11.3. The third kappa shape index (κ3) is 4.96. The number of carbonyl (C=O) groups is 1. The third-order valence-corrected chi connectivity index (χ3v) is 5.84. The summed E-state index contributed by atoms with van der Waals surface area (Å²) in [6, 6.07) is 13.9. The Morgan fingerprint density at radius 3 is 2.68 bits per heavy atom. The van der Waals surface area contributed by atoms with Crippen LogP contribution >= 0.6 is 0 Å². The van der Waals surface area contributed by atoms with Gasteiger partial charge in [-0.2, -0.15) is 5.10 Å². The van der Waals surface area contributed by atoms with Crippen molar-refractivity contribution in [2.75, 3.05) is 5.73 Å². The van der Waals surface area contributed by atoms with Gasteiger partial charge in [0.2, 0.25) is 0 Å². The van der Waals surface area contributed by atoms with Crippen LogP contribution in [0.15, 0.2) is 71.9 Å². The molecule has 38 heavy (non-hydrogen) atoms. The molecule has 0 fully saturated rings. The largest absolute Gasteiger partial charge is 0.382 e. The molecule has 0 aliphatic heterocycles. The highest BCUT2D eigenvalue weighted by molar-refractivity contribution is 5.98. The molecule has 0 radical (unpaired) electrons. The Balaban J connectivity index is 1.52. The van der Waals surface area contributed by atoms with Gasteiger partial charge in [0, 0.05) is 48.7 Å². The fourth-order valence-corrected chi connectivity index (χ4v) is 4.03. The molecule has 0 aliphatic carbocycles. The summed E-state index contributed by atoms with van der Waals surface area (Å²) in [4.78, 5) is 39.0. The Morgan fingerprint density at radius 1 is 1.08 bits per heavy atom. The molecular formula is C26H22F2N8O2. The van der Waals surface area contributed by atoms with Crippen molar-refractivity contribution < 1.29 is 13.6 Å². The zero-order chi connectivity index (χ0) is 26.8. The quantitative estimate of drug-likeness (QED) is 0.340. The van der Waals surface area contributed by atoms with Gasteiger partial charge in [0.1, 0.15) is 11.4 Å². The number of nitrogens with one attached hydrogen (secondary N) is 1. The Hall–Kier alpha value is -5.00. The maximum absolute atomic E-state index is 13.1. The second-order valence-electron chi connectivity index (χ2n) is 8.50. The Bertz CT molecular complexity index is 1710. The van der Waals surface area contributed by atoms with Crippen LogP contribution in [-0.2, 0) is 20.1 Å². The summed E-state index contributed by atoms with van der Waals surface area (Å²) in [6.07, 6.45) is 2.03. The third-order valence-electron chi connectivity index (χ3n) is 5.84. The number of benzene rings is 1. The maximum Gasteiger partial charge on any atom is 0.274 e. The van der Waals surface area contributed by atoms with Gasteiger partial charge in [-0.15, -0.1) is 0 Å². The summed E-state index contributed by atoms with van der Waals surface area (Å²) in [6.45, 7) is -0.944. The average molecular weight is 517 g/mol. The summed E-state index contributed by atoms with van der Waals surface area (Å²) in [5, 5.41) is 7.88. The molecule has 0 saturated heterocycles. The van der Waals surface area contributed by atoms with Crippen LogP contribution < -0.4 is 16.6 Å². The van der Waals surface area contributed by atoms with E-state index in [2.05, 4.69) is 25.4 Å². The summed E-state index contributed by atoms with van der Waals surface area (Å²) < 4.78 is 28.0. The monoisotopic (exact) mass is 516 g/mol. The fraction of sp³-hybridized carbons (Fsp3) is 0.154. The maximum atomic E-state index is 13.1. The van der Waals surface area contributed by atoms with Crippen LogP contribution in [0.1, 0.15) is 16.1 Å². The van der Waals surface area contributed by atoms with Crippen LogP contribution in [0.25, 0.3) is 33.5 Å². The van der Waals surface area contributed by atoms with Gasteiger partial charge in [-0.25, -0.2) is 18.7 Å². The van der Waals surface area contributed by atoms with Crippen LogP contribution in [0, 0.1) is 0 Å². The molecule has 4 heterocycles. The zero-order valence-corrected chi connectivity index (χ0v) is 20.2. The predicted molar refractivity (Wildman–Crippen MR) is 137 cm³/mol. The van der Waals surface area contributed by atoms with E-state index >= 15 is 0 Å². The number of aryl methyl sites for hydroxylation is 1. The molecule has 0 saturated carbocycles. The number of nitrogens with zero attached hydrogens (tertiary/aromatic N) is 6. The highest BCUT2D eigenvalue weighted by Crippen LogP contribution is 2.31. The van der Waals surface area contributed by atoms with Crippen LogP contribution in [-0.4, -0.2) is 41.6 Å². The van der Waals surface area contributed by atoms with Crippen molar-refractivity contribution in [2.24, 2.45) is 7.05 Å². The average Bonchev–Trinajstić information content (AvgIpc) is 3.34.